The van der Waals surface area contributed by atoms with Crippen LogP contribution in [0.5, 0.6) is 0 Å². The number of carbonyl (C=O) groups is 1. The van der Waals surface area contributed by atoms with Crippen LogP contribution in [0.15, 0.2) is 9.32 Å². The molecule has 2 rings (SSSR count). The van der Waals surface area contributed by atoms with Gasteiger partial charge in [0.15, 0.2) is 5.82 Å². The van der Waals surface area contributed by atoms with E-state index in [9.17, 15) is 14.7 Å². The van der Waals surface area contributed by atoms with Gasteiger partial charge in [-0.25, -0.2) is 9.59 Å². The van der Waals surface area contributed by atoms with Crippen LogP contribution in [0, 0.1) is 0 Å². The highest BCUT2D eigenvalue weighted by atomic mass is 28.3. The molecule has 1 heterocycles. The van der Waals surface area contributed by atoms with Gasteiger partial charge in [0, 0.05) is 26.6 Å². The molecule has 1 aromatic rings. The number of H-pyrrole nitrogens is 1. The van der Waals surface area contributed by atoms with Crippen LogP contribution in [0.2, 0.25) is 25.7 Å². The minimum Gasteiger partial charge on any atom is -0.465 e. The van der Waals surface area contributed by atoms with E-state index in [0.29, 0.717) is 12.4 Å². The standard InChI is InChI=1S/C14H25N3O4Si/c1-22(2,3)9-8-17(14(19)20)11-6-4-10(5-7-11)12-15-13(18)21-16-12/h10-11H,4-9H2,1-3H3,(H,19,20)(H,15,16,18)/t10-,11-. The molecule has 0 bridgehead atoms. The summed E-state index contributed by atoms with van der Waals surface area (Å²) in [4.78, 5) is 26.8. The minimum atomic E-state index is -1.26. The Labute approximate surface area is 130 Å². The van der Waals surface area contributed by atoms with Crippen molar-refractivity contribution in [3.8, 4) is 0 Å². The number of nitrogens with zero attached hydrogens (tertiary/aromatic N) is 2. The maximum Gasteiger partial charge on any atom is 0.438 e. The average molecular weight is 327 g/mol. The lowest BCUT2D eigenvalue weighted by Gasteiger charge is -2.35. The van der Waals surface area contributed by atoms with Gasteiger partial charge in [-0.1, -0.05) is 24.8 Å². The number of hydrogen-bond donors (Lipinski definition) is 2. The first-order valence-corrected chi connectivity index (χ1v) is 11.5. The molecule has 8 heteroatoms. The van der Waals surface area contributed by atoms with E-state index in [2.05, 4.69) is 34.3 Å². The van der Waals surface area contributed by atoms with Gasteiger partial charge < -0.3 is 10.0 Å². The third-order valence-corrected chi connectivity index (χ3v) is 6.05. The molecule has 0 radical (unpaired) electrons. The van der Waals surface area contributed by atoms with E-state index in [-0.39, 0.29) is 12.0 Å². The third-order valence-electron chi connectivity index (χ3n) is 4.33. The number of hydrogen-bond acceptors (Lipinski definition) is 4. The predicted octanol–water partition coefficient (Wildman–Crippen LogP) is 2.71. The lowest BCUT2D eigenvalue weighted by atomic mass is 9.85. The predicted molar refractivity (Wildman–Crippen MR) is 85.0 cm³/mol. The smallest absolute Gasteiger partial charge is 0.438 e. The van der Waals surface area contributed by atoms with Crippen molar-refractivity contribution < 1.29 is 14.4 Å². The van der Waals surface area contributed by atoms with Crippen LogP contribution < -0.4 is 5.76 Å². The molecular weight excluding hydrogens is 302 g/mol. The van der Waals surface area contributed by atoms with Crippen LogP contribution in [0.4, 0.5) is 4.79 Å². The molecule has 1 amide bonds. The first-order valence-electron chi connectivity index (χ1n) is 7.82. The zero-order valence-electron chi connectivity index (χ0n) is 13.5. The summed E-state index contributed by atoms with van der Waals surface area (Å²) in [7, 11) is -1.26. The quantitative estimate of drug-likeness (QED) is 0.810. The number of nitrogens with one attached hydrogen (secondary N) is 1. The molecule has 1 saturated carbocycles. The second-order valence-electron chi connectivity index (χ2n) is 7.27. The highest BCUT2D eigenvalue weighted by Crippen LogP contribution is 2.33. The Hall–Kier alpha value is -1.57. The van der Waals surface area contributed by atoms with Crippen LogP contribution in [-0.4, -0.2) is 46.9 Å². The molecule has 1 aliphatic carbocycles. The number of amides is 1. The summed E-state index contributed by atoms with van der Waals surface area (Å²) in [6, 6.07) is 1.05. The Kier molecular flexibility index (Phi) is 5.10. The van der Waals surface area contributed by atoms with Gasteiger partial charge in [0.05, 0.1) is 0 Å². The highest BCUT2D eigenvalue weighted by Gasteiger charge is 2.31. The molecule has 0 spiro atoms. The molecule has 1 aromatic heterocycles. The zero-order valence-corrected chi connectivity index (χ0v) is 14.5. The molecule has 1 aliphatic rings. The third kappa shape index (κ3) is 4.46. The molecule has 0 aromatic carbocycles. The second-order valence-corrected chi connectivity index (χ2v) is 12.9. The molecule has 1 fully saturated rings. The molecule has 0 unspecified atom stereocenters. The second kappa shape index (κ2) is 6.68. The topological polar surface area (TPSA) is 99.4 Å². The van der Waals surface area contributed by atoms with Crippen LogP contribution in [0.1, 0.15) is 37.4 Å². The van der Waals surface area contributed by atoms with Gasteiger partial charge in [0.2, 0.25) is 0 Å². The Bertz CT molecular complexity index is 555. The molecule has 124 valence electrons. The Balaban J connectivity index is 1.92. The molecule has 0 atom stereocenters. The van der Waals surface area contributed by atoms with Gasteiger partial charge >= 0.3 is 11.8 Å². The highest BCUT2D eigenvalue weighted by molar-refractivity contribution is 6.76. The van der Waals surface area contributed by atoms with Crippen molar-refractivity contribution in [1.29, 1.82) is 0 Å². The van der Waals surface area contributed by atoms with Crippen LogP contribution in [0.25, 0.3) is 0 Å². The van der Waals surface area contributed by atoms with Gasteiger partial charge in [0.25, 0.3) is 0 Å². The molecule has 2 N–H and O–H groups in total. The Morgan fingerprint density at radius 2 is 2.00 bits per heavy atom. The molecule has 7 nitrogen and oxygen atoms in total. The van der Waals surface area contributed by atoms with Crippen LogP contribution in [-0.2, 0) is 0 Å². The van der Waals surface area contributed by atoms with Crippen molar-refractivity contribution in [1.82, 2.24) is 15.0 Å². The molecule has 22 heavy (non-hydrogen) atoms. The fourth-order valence-electron chi connectivity index (χ4n) is 2.97. The van der Waals surface area contributed by atoms with Crippen molar-refractivity contribution in [2.45, 2.75) is 63.3 Å². The summed E-state index contributed by atoms with van der Waals surface area (Å²) < 4.78 is 4.55. The summed E-state index contributed by atoms with van der Waals surface area (Å²) >= 11 is 0. The average Bonchev–Trinajstić information content (AvgIpc) is 2.84. The van der Waals surface area contributed by atoms with E-state index >= 15 is 0 Å². The monoisotopic (exact) mass is 327 g/mol. The van der Waals surface area contributed by atoms with Crippen molar-refractivity contribution in [3.05, 3.63) is 16.4 Å². The van der Waals surface area contributed by atoms with E-state index in [0.717, 1.165) is 31.7 Å². The largest absolute Gasteiger partial charge is 0.465 e. The van der Waals surface area contributed by atoms with E-state index < -0.39 is 19.9 Å². The Morgan fingerprint density at radius 3 is 2.45 bits per heavy atom. The normalized spacial score (nSPS) is 22.5. The summed E-state index contributed by atoms with van der Waals surface area (Å²) in [5.41, 5.74) is 0. The minimum absolute atomic E-state index is 0.0729. The van der Waals surface area contributed by atoms with E-state index in [1.54, 1.807) is 4.90 Å². The first kappa shape index (κ1) is 16.8. The lowest BCUT2D eigenvalue weighted by Crippen LogP contribution is -2.43. The summed E-state index contributed by atoms with van der Waals surface area (Å²) in [5.74, 6) is 0.224. The van der Waals surface area contributed by atoms with Crippen molar-refractivity contribution >= 4 is 14.2 Å². The molecule has 0 aliphatic heterocycles. The van der Waals surface area contributed by atoms with Gasteiger partial charge in [-0.3, -0.25) is 9.51 Å². The number of carboxylic acid groups (broad SMARTS) is 1. The first-order chi connectivity index (χ1) is 10.3. The summed E-state index contributed by atoms with van der Waals surface area (Å²) in [5, 5.41) is 13.2. The van der Waals surface area contributed by atoms with E-state index in [4.69, 9.17) is 0 Å². The molecule has 0 saturated heterocycles. The van der Waals surface area contributed by atoms with Crippen molar-refractivity contribution in [3.63, 3.8) is 0 Å². The number of aromatic amines is 1. The van der Waals surface area contributed by atoms with Crippen LogP contribution >= 0.6 is 0 Å². The fourth-order valence-corrected chi connectivity index (χ4v) is 3.88. The summed E-state index contributed by atoms with van der Waals surface area (Å²) in [6.07, 6.45) is 2.43. The molecular formula is C14H25N3O4Si. The fraction of sp³-hybridized carbons (Fsp3) is 0.786. The number of rotatable bonds is 5. The van der Waals surface area contributed by atoms with Gasteiger partial charge in [-0.05, 0) is 31.7 Å². The van der Waals surface area contributed by atoms with Gasteiger partial charge in [0.1, 0.15) is 0 Å². The van der Waals surface area contributed by atoms with Crippen molar-refractivity contribution in [2.75, 3.05) is 6.54 Å². The Morgan fingerprint density at radius 1 is 1.36 bits per heavy atom. The zero-order chi connectivity index (χ0) is 16.3. The maximum atomic E-state index is 11.5. The summed E-state index contributed by atoms with van der Waals surface area (Å²) in [6.45, 7) is 7.39. The maximum absolute atomic E-state index is 11.5. The van der Waals surface area contributed by atoms with Gasteiger partial charge in [-0.2, -0.15) is 0 Å². The van der Waals surface area contributed by atoms with E-state index in [1.165, 1.54) is 0 Å². The SMILES string of the molecule is C[Si](C)(C)CCN(C(=O)O)[C@H]1CC[C@H](c2noc(=O)[nH]2)CC1. The van der Waals surface area contributed by atoms with Crippen LogP contribution in [0.3, 0.4) is 0 Å². The van der Waals surface area contributed by atoms with E-state index in [1.807, 2.05) is 0 Å². The van der Waals surface area contributed by atoms with Gasteiger partial charge in [-0.15, -0.1) is 0 Å². The number of aromatic nitrogens is 2. The lowest BCUT2D eigenvalue weighted by molar-refractivity contribution is 0.111. The van der Waals surface area contributed by atoms with Crippen molar-refractivity contribution in [2.24, 2.45) is 0 Å².